The normalized spacial score (nSPS) is 12.3. The van der Waals surface area contributed by atoms with Crippen molar-refractivity contribution >= 4 is 28.7 Å². The van der Waals surface area contributed by atoms with Crippen LogP contribution in [0.1, 0.15) is 23.2 Å². The Kier molecular flexibility index (Phi) is 6.32. The Balaban J connectivity index is 1.63. The molecule has 0 aliphatic heterocycles. The molecule has 7 heteroatoms. The van der Waals surface area contributed by atoms with Crippen molar-refractivity contribution in [3.63, 3.8) is 0 Å². The highest BCUT2D eigenvalue weighted by atomic mass is 32.2. The number of imidazole rings is 1. The first-order chi connectivity index (χ1) is 15.0. The molecule has 0 saturated carbocycles. The largest absolute Gasteiger partial charge is 0.337 e. The molecule has 0 fully saturated rings. The van der Waals surface area contributed by atoms with Gasteiger partial charge in [-0.1, -0.05) is 60.7 Å². The van der Waals surface area contributed by atoms with Crippen LogP contribution in [0.15, 0.2) is 89.8 Å². The van der Waals surface area contributed by atoms with E-state index in [0.29, 0.717) is 11.0 Å². The zero-order chi connectivity index (χ0) is 21.8. The van der Waals surface area contributed by atoms with Crippen molar-refractivity contribution in [1.29, 1.82) is 0 Å². The monoisotopic (exact) mass is 437 g/mol. The molecule has 0 spiro atoms. The molecule has 4 nitrogen and oxygen atoms in total. The lowest BCUT2D eigenvalue weighted by Crippen LogP contribution is -2.31. The molecule has 0 aliphatic carbocycles. The van der Waals surface area contributed by atoms with Gasteiger partial charge in [0.25, 0.3) is 0 Å². The summed E-state index contributed by atoms with van der Waals surface area (Å²) in [5.74, 6) is -0.0171. The number of benzene rings is 3. The van der Waals surface area contributed by atoms with E-state index in [4.69, 9.17) is 0 Å². The van der Waals surface area contributed by atoms with Crippen LogP contribution in [-0.4, -0.2) is 27.4 Å². The molecule has 3 aromatic carbocycles. The average molecular weight is 438 g/mol. The third kappa shape index (κ3) is 4.61. The van der Waals surface area contributed by atoms with Gasteiger partial charge in [0.2, 0.25) is 5.91 Å². The number of nitrogens with zero attached hydrogens (tertiary/aromatic N) is 3. The molecular weight excluding hydrogens is 416 g/mol. The maximum absolute atomic E-state index is 13.8. The van der Waals surface area contributed by atoms with Crippen molar-refractivity contribution in [2.24, 2.45) is 0 Å². The third-order valence-electron chi connectivity index (χ3n) is 4.94. The maximum Gasteiger partial charge on any atom is 0.320 e. The van der Waals surface area contributed by atoms with E-state index < -0.39 is 11.8 Å². The van der Waals surface area contributed by atoms with Gasteiger partial charge in [0.15, 0.2) is 0 Å². The highest BCUT2D eigenvalue weighted by molar-refractivity contribution is 8.00. The Morgan fingerprint density at radius 3 is 2.26 bits per heavy atom. The second-order valence-corrected chi connectivity index (χ2v) is 8.26. The van der Waals surface area contributed by atoms with Crippen LogP contribution < -0.4 is 0 Å². The van der Waals surface area contributed by atoms with Crippen molar-refractivity contribution in [1.82, 2.24) is 14.5 Å². The van der Waals surface area contributed by atoms with Crippen LogP contribution in [0.25, 0.3) is 11.0 Å². The Labute approximate surface area is 183 Å². The van der Waals surface area contributed by atoms with Gasteiger partial charge in [-0.2, -0.15) is 8.78 Å². The van der Waals surface area contributed by atoms with Gasteiger partial charge in [-0.3, -0.25) is 9.36 Å². The van der Waals surface area contributed by atoms with Gasteiger partial charge in [0.05, 0.1) is 17.6 Å². The lowest BCUT2D eigenvalue weighted by atomic mass is 10.1. The predicted molar refractivity (Wildman–Crippen MR) is 119 cm³/mol. The van der Waals surface area contributed by atoms with Crippen LogP contribution in [0, 0.1) is 0 Å². The first-order valence-electron chi connectivity index (χ1n) is 9.80. The summed E-state index contributed by atoms with van der Waals surface area (Å²) in [7, 11) is 1.62. The Morgan fingerprint density at radius 1 is 0.968 bits per heavy atom. The highest BCUT2D eigenvalue weighted by Crippen LogP contribution is 2.37. The van der Waals surface area contributed by atoms with E-state index in [1.807, 2.05) is 60.7 Å². The summed E-state index contributed by atoms with van der Waals surface area (Å²) in [5.41, 5.74) is 1.69. The van der Waals surface area contributed by atoms with Crippen molar-refractivity contribution in [3.8, 4) is 0 Å². The molecule has 1 aromatic heterocycles. The number of likely N-dealkylation sites (N-methyl/N-ethyl adjacent to an activating group) is 1. The first kappa shape index (κ1) is 21.1. The number of carbonyl (C=O) groups excluding carboxylic acids is 1. The van der Waals surface area contributed by atoms with Gasteiger partial charge in [-0.15, -0.1) is 11.8 Å². The number of fused-ring (bicyclic) bond motifs is 1. The van der Waals surface area contributed by atoms with Gasteiger partial charge in [-0.05, 0) is 29.8 Å². The fraction of sp³-hybridized carbons (Fsp3) is 0.167. The average Bonchev–Trinajstić information content (AvgIpc) is 3.16. The number of carbonyl (C=O) groups is 1. The van der Waals surface area contributed by atoms with Crippen LogP contribution >= 0.6 is 11.8 Å². The minimum atomic E-state index is -2.74. The van der Waals surface area contributed by atoms with Gasteiger partial charge < -0.3 is 4.90 Å². The third-order valence-corrected chi connectivity index (χ3v) is 6.20. The van der Waals surface area contributed by atoms with Gasteiger partial charge >= 0.3 is 6.55 Å². The molecule has 4 rings (SSSR count). The highest BCUT2D eigenvalue weighted by Gasteiger charge is 2.27. The van der Waals surface area contributed by atoms with Crippen molar-refractivity contribution in [2.45, 2.75) is 23.2 Å². The molecule has 1 amide bonds. The lowest BCUT2D eigenvalue weighted by Gasteiger charge is -2.24. The van der Waals surface area contributed by atoms with Crippen molar-refractivity contribution in [3.05, 3.63) is 96.3 Å². The fourth-order valence-corrected chi connectivity index (χ4v) is 4.60. The number of rotatable bonds is 7. The quantitative estimate of drug-likeness (QED) is 0.337. The molecule has 0 N–H and O–H groups in total. The van der Waals surface area contributed by atoms with E-state index in [1.165, 1.54) is 16.7 Å². The number of amides is 1. The first-order valence-corrected chi connectivity index (χ1v) is 10.7. The van der Waals surface area contributed by atoms with Crippen molar-refractivity contribution < 1.29 is 13.6 Å². The number of hydrogen-bond acceptors (Lipinski definition) is 3. The molecule has 31 heavy (non-hydrogen) atoms. The summed E-state index contributed by atoms with van der Waals surface area (Å²) in [6.45, 7) is -2.76. The second-order valence-electron chi connectivity index (χ2n) is 7.08. The van der Waals surface area contributed by atoms with Crippen LogP contribution in [0.2, 0.25) is 0 Å². The number of alkyl halides is 2. The summed E-state index contributed by atoms with van der Waals surface area (Å²) in [5, 5.41) is -0.502. The lowest BCUT2D eigenvalue weighted by molar-refractivity contribution is -0.130. The van der Waals surface area contributed by atoms with Gasteiger partial charge in [0.1, 0.15) is 11.1 Å². The SMILES string of the molecule is CN(Cc1nc2ccccc2n1C(F)F)C(=O)[C@@H](Sc1ccccc1)c1ccccc1. The molecule has 0 bridgehead atoms. The zero-order valence-electron chi connectivity index (χ0n) is 16.9. The zero-order valence-corrected chi connectivity index (χ0v) is 17.7. The molecule has 1 heterocycles. The second kappa shape index (κ2) is 9.31. The molecule has 0 radical (unpaired) electrons. The Bertz CT molecular complexity index is 1170. The molecule has 1 atom stereocenters. The number of thioether (sulfide) groups is 1. The summed E-state index contributed by atoms with van der Waals surface area (Å²) in [6, 6.07) is 25.9. The molecule has 0 unspecified atom stereocenters. The molecule has 158 valence electrons. The number of para-hydroxylation sites is 2. The topological polar surface area (TPSA) is 38.1 Å². The molecule has 0 aliphatic rings. The Morgan fingerprint density at radius 2 is 1.58 bits per heavy atom. The van der Waals surface area contributed by atoms with E-state index >= 15 is 0 Å². The number of halogens is 2. The van der Waals surface area contributed by atoms with Crippen LogP contribution in [0.5, 0.6) is 0 Å². The summed E-state index contributed by atoms with van der Waals surface area (Å²) < 4.78 is 28.4. The maximum atomic E-state index is 13.8. The van der Waals surface area contributed by atoms with Crippen LogP contribution in [-0.2, 0) is 11.3 Å². The van der Waals surface area contributed by atoms with E-state index in [0.717, 1.165) is 15.0 Å². The number of aromatic nitrogens is 2. The molecule has 0 saturated heterocycles. The smallest absolute Gasteiger partial charge is 0.320 e. The summed E-state index contributed by atoms with van der Waals surface area (Å²) in [6.07, 6.45) is 0. The van der Waals surface area contributed by atoms with Crippen molar-refractivity contribution in [2.75, 3.05) is 7.05 Å². The Hall–Kier alpha value is -3.19. The summed E-state index contributed by atoms with van der Waals surface area (Å²) >= 11 is 1.44. The summed E-state index contributed by atoms with van der Waals surface area (Å²) in [4.78, 5) is 20.2. The standard InChI is InChI=1S/C24H21F2N3OS/c1-28(16-21-27-19-14-8-9-15-20(19)29(21)24(25)26)23(30)22(17-10-4-2-5-11-17)31-18-12-6-3-7-13-18/h2-15,22,24H,16H2,1H3/t22-/m0/s1. The predicted octanol–water partition coefficient (Wildman–Crippen LogP) is 5.92. The van der Waals surface area contributed by atoms with Gasteiger partial charge in [-0.25, -0.2) is 4.98 Å². The molecular formula is C24H21F2N3OS. The fourth-order valence-electron chi connectivity index (χ4n) is 3.44. The van der Waals surface area contributed by atoms with Crippen LogP contribution in [0.3, 0.4) is 0 Å². The minimum absolute atomic E-state index is 0.0173. The minimum Gasteiger partial charge on any atom is -0.337 e. The number of hydrogen-bond donors (Lipinski definition) is 0. The van der Waals surface area contributed by atoms with Gasteiger partial charge in [0, 0.05) is 11.9 Å². The van der Waals surface area contributed by atoms with E-state index in [9.17, 15) is 13.6 Å². The van der Waals surface area contributed by atoms with Crippen LogP contribution in [0.4, 0.5) is 8.78 Å². The van der Waals surface area contributed by atoms with E-state index in [1.54, 1.807) is 31.3 Å². The van der Waals surface area contributed by atoms with E-state index in [2.05, 4.69) is 4.98 Å². The van der Waals surface area contributed by atoms with E-state index in [-0.39, 0.29) is 18.3 Å². The molecule has 4 aromatic rings.